The van der Waals surface area contributed by atoms with Gasteiger partial charge in [-0.15, -0.1) is 0 Å². The van der Waals surface area contributed by atoms with Crippen LogP contribution in [0.3, 0.4) is 0 Å². The molecule has 0 saturated carbocycles. The molecule has 1 heterocycles. The zero-order valence-electron chi connectivity index (χ0n) is 9.25. The van der Waals surface area contributed by atoms with Gasteiger partial charge in [0.1, 0.15) is 5.54 Å². The van der Waals surface area contributed by atoms with Gasteiger partial charge in [0.2, 0.25) is 0 Å². The molecule has 5 nitrogen and oxygen atoms in total. The standard InChI is InChI=1S/C10H17N3O2/c1-3-15-9(14)13-6-4-10(8-11,12-2)5-7-13/h12H,3-7H2,1-2H3. The van der Waals surface area contributed by atoms with Crippen LogP contribution < -0.4 is 5.32 Å². The lowest BCUT2D eigenvalue weighted by Gasteiger charge is -2.36. The van der Waals surface area contributed by atoms with Crippen molar-refractivity contribution in [3.05, 3.63) is 0 Å². The van der Waals surface area contributed by atoms with E-state index in [1.165, 1.54) is 0 Å². The molecule has 0 radical (unpaired) electrons. The molecular weight excluding hydrogens is 194 g/mol. The number of ether oxygens (including phenoxy) is 1. The van der Waals surface area contributed by atoms with Crippen molar-refractivity contribution >= 4 is 6.09 Å². The first-order valence-electron chi connectivity index (χ1n) is 5.19. The number of nitriles is 1. The van der Waals surface area contributed by atoms with E-state index in [1.807, 2.05) is 0 Å². The van der Waals surface area contributed by atoms with E-state index in [9.17, 15) is 4.79 Å². The van der Waals surface area contributed by atoms with Crippen molar-refractivity contribution in [2.75, 3.05) is 26.7 Å². The number of nitrogens with zero attached hydrogens (tertiary/aromatic N) is 2. The highest BCUT2D eigenvalue weighted by molar-refractivity contribution is 5.67. The Bertz CT molecular complexity index is 264. The molecule has 0 bridgehead atoms. The Morgan fingerprint density at radius 3 is 2.60 bits per heavy atom. The smallest absolute Gasteiger partial charge is 0.409 e. The van der Waals surface area contributed by atoms with E-state index in [0.717, 1.165) is 0 Å². The van der Waals surface area contributed by atoms with Gasteiger partial charge in [-0.1, -0.05) is 0 Å². The van der Waals surface area contributed by atoms with Crippen LogP contribution >= 0.6 is 0 Å². The molecule has 5 heteroatoms. The van der Waals surface area contributed by atoms with Crippen LogP contribution in [-0.4, -0.2) is 43.3 Å². The van der Waals surface area contributed by atoms with Crippen LogP contribution in [0.1, 0.15) is 19.8 Å². The van der Waals surface area contributed by atoms with Gasteiger partial charge in [0.15, 0.2) is 0 Å². The number of rotatable bonds is 2. The number of amides is 1. The molecule has 0 atom stereocenters. The topological polar surface area (TPSA) is 65.4 Å². The molecule has 15 heavy (non-hydrogen) atoms. The first-order chi connectivity index (χ1) is 7.17. The highest BCUT2D eigenvalue weighted by atomic mass is 16.6. The number of piperidine rings is 1. The fourth-order valence-electron chi connectivity index (χ4n) is 1.70. The summed E-state index contributed by atoms with van der Waals surface area (Å²) in [5, 5.41) is 12.0. The van der Waals surface area contributed by atoms with E-state index in [1.54, 1.807) is 18.9 Å². The van der Waals surface area contributed by atoms with Crippen LogP contribution in [0.15, 0.2) is 0 Å². The molecule has 1 aliphatic heterocycles. The van der Waals surface area contributed by atoms with Gasteiger partial charge in [-0.25, -0.2) is 4.79 Å². The normalized spacial score (nSPS) is 19.4. The SMILES string of the molecule is CCOC(=O)N1CCC(C#N)(NC)CC1. The lowest BCUT2D eigenvalue weighted by atomic mass is 9.89. The van der Waals surface area contributed by atoms with E-state index in [0.29, 0.717) is 32.5 Å². The lowest BCUT2D eigenvalue weighted by Crippen LogP contribution is -2.52. The summed E-state index contributed by atoms with van der Waals surface area (Å²) in [7, 11) is 1.78. The average Bonchev–Trinajstić information content (AvgIpc) is 2.29. The van der Waals surface area contributed by atoms with E-state index in [2.05, 4.69) is 11.4 Å². The molecule has 0 spiro atoms. The first kappa shape index (κ1) is 11.8. The second-order valence-corrected chi connectivity index (χ2v) is 3.63. The molecule has 1 amide bonds. The number of likely N-dealkylation sites (tertiary alicyclic amines) is 1. The summed E-state index contributed by atoms with van der Waals surface area (Å²) in [5.41, 5.74) is -0.469. The van der Waals surface area contributed by atoms with Crippen LogP contribution in [0, 0.1) is 11.3 Å². The van der Waals surface area contributed by atoms with Crippen LogP contribution in [0.4, 0.5) is 4.79 Å². The molecule has 1 N–H and O–H groups in total. The van der Waals surface area contributed by atoms with Gasteiger partial charge >= 0.3 is 6.09 Å². The minimum atomic E-state index is -0.469. The number of hydrogen-bond acceptors (Lipinski definition) is 4. The summed E-state index contributed by atoms with van der Waals surface area (Å²) in [6, 6.07) is 2.27. The Balaban J connectivity index is 2.49. The quantitative estimate of drug-likeness (QED) is 0.731. The van der Waals surface area contributed by atoms with Crippen molar-refractivity contribution in [2.45, 2.75) is 25.3 Å². The molecule has 0 aromatic heterocycles. The first-order valence-corrected chi connectivity index (χ1v) is 5.19. The highest BCUT2D eigenvalue weighted by Gasteiger charge is 2.34. The fourth-order valence-corrected chi connectivity index (χ4v) is 1.70. The number of hydrogen-bond donors (Lipinski definition) is 1. The molecule has 0 aromatic rings. The summed E-state index contributed by atoms with van der Waals surface area (Å²) in [6.45, 7) is 3.33. The minimum Gasteiger partial charge on any atom is -0.450 e. The number of carbonyl (C=O) groups excluding carboxylic acids is 1. The zero-order chi connectivity index (χ0) is 11.3. The third-order valence-corrected chi connectivity index (χ3v) is 2.84. The van der Waals surface area contributed by atoms with Crippen molar-refractivity contribution in [1.29, 1.82) is 5.26 Å². The largest absolute Gasteiger partial charge is 0.450 e. The Morgan fingerprint density at radius 1 is 1.60 bits per heavy atom. The molecule has 1 saturated heterocycles. The van der Waals surface area contributed by atoms with Crippen molar-refractivity contribution in [3.63, 3.8) is 0 Å². The highest BCUT2D eigenvalue weighted by Crippen LogP contribution is 2.21. The van der Waals surface area contributed by atoms with Crippen LogP contribution in [0.25, 0.3) is 0 Å². The van der Waals surface area contributed by atoms with Crippen molar-refractivity contribution in [3.8, 4) is 6.07 Å². The summed E-state index contributed by atoms with van der Waals surface area (Å²) >= 11 is 0. The van der Waals surface area contributed by atoms with Gasteiger partial charge in [-0.3, -0.25) is 0 Å². The van der Waals surface area contributed by atoms with Gasteiger partial charge in [-0.2, -0.15) is 5.26 Å². The van der Waals surface area contributed by atoms with Gasteiger partial charge in [0.05, 0.1) is 12.7 Å². The summed E-state index contributed by atoms with van der Waals surface area (Å²) < 4.78 is 4.90. The maximum atomic E-state index is 11.4. The summed E-state index contributed by atoms with van der Waals surface area (Å²) in [4.78, 5) is 13.0. The van der Waals surface area contributed by atoms with E-state index in [4.69, 9.17) is 10.00 Å². The predicted molar refractivity (Wildman–Crippen MR) is 55.2 cm³/mol. The lowest BCUT2D eigenvalue weighted by molar-refractivity contribution is 0.0897. The maximum Gasteiger partial charge on any atom is 0.409 e. The third kappa shape index (κ3) is 2.60. The Labute approximate surface area is 90.0 Å². The van der Waals surface area contributed by atoms with Gasteiger partial charge in [-0.05, 0) is 26.8 Å². The fraction of sp³-hybridized carbons (Fsp3) is 0.800. The molecule has 84 valence electrons. The van der Waals surface area contributed by atoms with E-state index < -0.39 is 5.54 Å². The Hall–Kier alpha value is -1.28. The molecule has 1 rings (SSSR count). The summed E-state index contributed by atoms with van der Waals surface area (Å²) in [6.07, 6.45) is 1.03. The second-order valence-electron chi connectivity index (χ2n) is 3.63. The van der Waals surface area contributed by atoms with E-state index in [-0.39, 0.29) is 6.09 Å². The van der Waals surface area contributed by atoms with Crippen LogP contribution in [0.2, 0.25) is 0 Å². The third-order valence-electron chi connectivity index (χ3n) is 2.84. The Morgan fingerprint density at radius 2 is 2.20 bits per heavy atom. The minimum absolute atomic E-state index is 0.278. The summed E-state index contributed by atoms with van der Waals surface area (Å²) in [5.74, 6) is 0. The zero-order valence-corrected chi connectivity index (χ0v) is 9.25. The van der Waals surface area contributed by atoms with Gasteiger partial charge in [0.25, 0.3) is 0 Å². The van der Waals surface area contributed by atoms with Gasteiger partial charge < -0.3 is 15.0 Å². The van der Waals surface area contributed by atoms with Crippen molar-refractivity contribution in [1.82, 2.24) is 10.2 Å². The van der Waals surface area contributed by atoms with Crippen molar-refractivity contribution < 1.29 is 9.53 Å². The maximum absolute atomic E-state index is 11.4. The molecule has 0 unspecified atom stereocenters. The van der Waals surface area contributed by atoms with Gasteiger partial charge in [0, 0.05) is 13.1 Å². The molecule has 0 aromatic carbocycles. The molecule has 1 aliphatic rings. The molecular formula is C10H17N3O2. The Kier molecular flexibility index (Phi) is 3.92. The molecule has 1 fully saturated rings. The van der Waals surface area contributed by atoms with Crippen LogP contribution in [0.5, 0.6) is 0 Å². The second kappa shape index (κ2) is 4.99. The monoisotopic (exact) mass is 211 g/mol. The van der Waals surface area contributed by atoms with Crippen molar-refractivity contribution in [2.24, 2.45) is 0 Å². The molecule has 0 aliphatic carbocycles. The van der Waals surface area contributed by atoms with Crippen LogP contribution in [-0.2, 0) is 4.74 Å². The number of carbonyl (C=O) groups is 1. The average molecular weight is 211 g/mol. The number of nitrogens with one attached hydrogen (secondary N) is 1. The van der Waals surface area contributed by atoms with E-state index >= 15 is 0 Å². The predicted octanol–water partition coefficient (Wildman–Crippen LogP) is 0.720.